The summed E-state index contributed by atoms with van der Waals surface area (Å²) in [5.41, 5.74) is 0.677. The maximum atomic E-state index is 4.38. The van der Waals surface area contributed by atoms with Crippen LogP contribution >= 0.6 is 15.9 Å². The number of tetrazole rings is 1. The summed E-state index contributed by atoms with van der Waals surface area (Å²) in [6.45, 7) is 2.03. The second-order valence-electron chi connectivity index (χ2n) is 3.90. The molecule has 16 heavy (non-hydrogen) atoms. The van der Waals surface area contributed by atoms with Gasteiger partial charge in [-0.3, -0.25) is 0 Å². The smallest absolute Gasteiger partial charge is 0.200 e. The van der Waals surface area contributed by atoms with Crippen molar-refractivity contribution < 1.29 is 0 Å². The summed E-state index contributed by atoms with van der Waals surface area (Å²) < 4.78 is 1.47. The molecular formula is C9H11BrN6. The highest BCUT2D eigenvalue weighted by Gasteiger charge is 2.19. The van der Waals surface area contributed by atoms with E-state index in [0.717, 1.165) is 18.9 Å². The van der Waals surface area contributed by atoms with Crippen LogP contribution in [-0.4, -0.2) is 43.2 Å². The molecule has 3 heterocycles. The van der Waals surface area contributed by atoms with Crippen molar-refractivity contribution in [3.8, 4) is 0 Å². The molecule has 0 radical (unpaired) electrons. The molecular weight excluding hydrogens is 272 g/mol. The first-order valence-electron chi connectivity index (χ1n) is 5.27. The van der Waals surface area contributed by atoms with E-state index in [-0.39, 0.29) is 0 Å². The van der Waals surface area contributed by atoms with Crippen LogP contribution in [0.2, 0.25) is 0 Å². The molecule has 0 bridgehead atoms. The molecule has 84 valence electrons. The van der Waals surface area contributed by atoms with Crippen LogP contribution in [0.25, 0.3) is 5.65 Å². The number of fused-ring (bicyclic) bond motifs is 1. The molecule has 2 aromatic rings. The number of rotatable bonds is 1. The summed E-state index contributed by atoms with van der Waals surface area (Å²) in [7, 11) is 0. The maximum absolute atomic E-state index is 4.38. The first-order valence-corrected chi connectivity index (χ1v) is 6.19. The van der Waals surface area contributed by atoms with Crippen molar-refractivity contribution in [2.24, 2.45) is 0 Å². The second-order valence-corrected chi connectivity index (χ2v) is 5.20. The topological polar surface area (TPSA) is 59.2 Å². The molecule has 1 aliphatic rings. The van der Waals surface area contributed by atoms with Gasteiger partial charge in [-0.15, -0.1) is 14.8 Å². The Balaban J connectivity index is 1.92. The molecule has 0 N–H and O–H groups in total. The van der Waals surface area contributed by atoms with E-state index in [4.69, 9.17) is 0 Å². The number of hydrogen-bond acceptors (Lipinski definition) is 5. The Morgan fingerprint density at radius 3 is 3.19 bits per heavy atom. The Hall–Kier alpha value is -1.24. The van der Waals surface area contributed by atoms with E-state index in [9.17, 15) is 0 Å². The third-order valence-electron chi connectivity index (χ3n) is 2.74. The molecule has 0 saturated carbocycles. The molecule has 0 aliphatic carbocycles. The number of anilines is 1. The van der Waals surface area contributed by atoms with Gasteiger partial charge in [0.15, 0.2) is 11.5 Å². The van der Waals surface area contributed by atoms with Crippen molar-refractivity contribution in [2.75, 3.05) is 18.0 Å². The van der Waals surface area contributed by atoms with Gasteiger partial charge in [-0.25, -0.2) is 0 Å². The Morgan fingerprint density at radius 1 is 1.38 bits per heavy atom. The van der Waals surface area contributed by atoms with E-state index < -0.39 is 0 Å². The van der Waals surface area contributed by atoms with E-state index >= 15 is 0 Å². The molecule has 1 atom stereocenters. The van der Waals surface area contributed by atoms with Gasteiger partial charge in [-0.1, -0.05) is 15.9 Å². The van der Waals surface area contributed by atoms with Crippen molar-refractivity contribution in [2.45, 2.75) is 17.7 Å². The van der Waals surface area contributed by atoms with Gasteiger partial charge >= 0.3 is 0 Å². The SMILES string of the molecule is BrC1CCCN(c2ccc3nnnn3n2)C1. The zero-order valence-electron chi connectivity index (χ0n) is 8.62. The van der Waals surface area contributed by atoms with Crippen molar-refractivity contribution >= 4 is 27.4 Å². The summed E-state index contributed by atoms with van der Waals surface area (Å²) in [5, 5.41) is 15.6. The van der Waals surface area contributed by atoms with Gasteiger partial charge < -0.3 is 4.90 Å². The minimum atomic E-state index is 0.549. The Labute approximate surface area is 101 Å². The lowest BCUT2D eigenvalue weighted by Crippen LogP contribution is -2.36. The number of alkyl halides is 1. The van der Waals surface area contributed by atoms with Crippen LogP contribution in [0, 0.1) is 0 Å². The lowest BCUT2D eigenvalue weighted by molar-refractivity contribution is 0.583. The molecule has 7 heteroatoms. The van der Waals surface area contributed by atoms with E-state index in [2.05, 4.69) is 41.5 Å². The van der Waals surface area contributed by atoms with Gasteiger partial charge in [0, 0.05) is 17.9 Å². The minimum absolute atomic E-state index is 0.549. The highest BCUT2D eigenvalue weighted by atomic mass is 79.9. The molecule has 6 nitrogen and oxygen atoms in total. The van der Waals surface area contributed by atoms with Crippen LogP contribution in [0.15, 0.2) is 12.1 Å². The highest BCUT2D eigenvalue weighted by molar-refractivity contribution is 9.09. The van der Waals surface area contributed by atoms with Crippen LogP contribution in [0.5, 0.6) is 0 Å². The maximum Gasteiger partial charge on any atom is 0.200 e. The second kappa shape index (κ2) is 3.97. The van der Waals surface area contributed by atoms with E-state index in [0.29, 0.717) is 10.5 Å². The highest BCUT2D eigenvalue weighted by Crippen LogP contribution is 2.21. The molecule has 1 saturated heterocycles. The van der Waals surface area contributed by atoms with Crippen LogP contribution in [-0.2, 0) is 0 Å². The summed E-state index contributed by atoms with van der Waals surface area (Å²) in [5.74, 6) is 0.934. The van der Waals surface area contributed by atoms with Crippen LogP contribution in [0.4, 0.5) is 5.82 Å². The van der Waals surface area contributed by atoms with Crippen molar-refractivity contribution in [3.05, 3.63) is 12.1 Å². The Morgan fingerprint density at radius 2 is 2.31 bits per heavy atom. The zero-order valence-corrected chi connectivity index (χ0v) is 10.2. The average Bonchev–Trinajstić information content (AvgIpc) is 2.75. The fraction of sp³-hybridized carbons (Fsp3) is 0.556. The lowest BCUT2D eigenvalue weighted by atomic mass is 10.1. The van der Waals surface area contributed by atoms with E-state index in [1.165, 1.54) is 17.5 Å². The van der Waals surface area contributed by atoms with Gasteiger partial charge in [-0.05, 0) is 35.4 Å². The third kappa shape index (κ3) is 1.75. The number of aromatic nitrogens is 5. The van der Waals surface area contributed by atoms with Gasteiger partial charge in [-0.2, -0.15) is 0 Å². The Kier molecular flexibility index (Phi) is 2.47. The predicted molar refractivity (Wildman–Crippen MR) is 62.7 cm³/mol. The first-order chi connectivity index (χ1) is 7.83. The number of hydrogen-bond donors (Lipinski definition) is 0. The molecule has 0 amide bonds. The van der Waals surface area contributed by atoms with E-state index in [1.54, 1.807) is 0 Å². The average molecular weight is 283 g/mol. The Bertz CT molecular complexity index is 497. The zero-order chi connectivity index (χ0) is 11.0. The predicted octanol–water partition coefficient (Wildman–Crippen LogP) is 0.883. The molecule has 1 aliphatic heterocycles. The van der Waals surface area contributed by atoms with Crippen molar-refractivity contribution in [3.63, 3.8) is 0 Å². The number of piperidine rings is 1. The summed E-state index contributed by atoms with van der Waals surface area (Å²) >= 11 is 3.65. The summed E-state index contributed by atoms with van der Waals surface area (Å²) in [6.07, 6.45) is 2.41. The van der Waals surface area contributed by atoms with Gasteiger partial charge in [0.25, 0.3) is 0 Å². The largest absolute Gasteiger partial charge is 0.354 e. The lowest BCUT2D eigenvalue weighted by Gasteiger charge is -2.30. The number of nitrogens with zero attached hydrogens (tertiary/aromatic N) is 6. The molecule has 2 aromatic heterocycles. The standard InChI is InChI=1S/C9H11BrN6/c10-7-2-1-5-15(6-7)9-4-3-8-11-13-14-16(8)12-9/h3-4,7H,1-2,5-6H2. The molecule has 1 unspecified atom stereocenters. The fourth-order valence-corrected chi connectivity index (χ4v) is 2.62. The third-order valence-corrected chi connectivity index (χ3v) is 3.49. The van der Waals surface area contributed by atoms with Gasteiger partial charge in [0.1, 0.15) is 0 Å². The summed E-state index contributed by atoms with van der Waals surface area (Å²) in [4.78, 5) is 2.80. The molecule has 0 spiro atoms. The monoisotopic (exact) mass is 282 g/mol. The van der Waals surface area contributed by atoms with Gasteiger partial charge in [0.2, 0.25) is 0 Å². The van der Waals surface area contributed by atoms with Crippen LogP contribution in [0.3, 0.4) is 0 Å². The molecule has 1 fully saturated rings. The van der Waals surface area contributed by atoms with Crippen molar-refractivity contribution in [1.29, 1.82) is 0 Å². The van der Waals surface area contributed by atoms with Crippen LogP contribution < -0.4 is 4.90 Å². The van der Waals surface area contributed by atoms with Crippen LogP contribution in [0.1, 0.15) is 12.8 Å². The minimum Gasteiger partial charge on any atom is -0.354 e. The number of halogens is 1. The van der Waals surface area contributed by atoms with E-state index in [1.807, 2.05) is 12.1 Å². The first kappa shape index (κ1) is 9.95. The normalized spacial score (nSPS) is 21.6. The van der Waals surface area contributed by atoms with Crippen molar-refractivity contribution in [1.82, 2.24) is 25.3 Å². The quantitative estimate of drug-likeness (QED) is 0.727. The molecule has 0 aromatic carbocycles. The fourth-order valence-electron chi connectivity index (χ4n) is 1.94. The van der Waals surface area contributed by atoms with Gasteiger partial charge in [0.05, 0.1) is 0 Å². The summed E-state index contributed by atoms with van der Waals surface area (Å²) in [6, 6.07) is 3.86. The molecule has 3 rings (SSSR count).